The molecule has 6 heteroatoms. The smallest absolute Gasteiger partial charge is 0.306 e. The van der Waals surface area contributed by atoms with Gasteiger partial charge < -0.3 is 20.5 Å². The number of nitrogens with zero attached hydrogens (tertiary/aromatic N) is 1. The van der Waals surface area contributed by atoms with E-state index in [0.29, 0.717) is 25.4 Å². The van der Waals surface area contributed by atoms with Crippen LogP contribution < -0.4 is 5.73 Å². The summed E-state index contributed by atoms with van der Waals surface area (Å²) in [6.45, 7) is 1.12. The normalized spacial score (nSPS) is 18.9. The molecule has 0 bridgehead atoms. The summed E-state index contributed by atoms with van der Waals surface area (Å²) < 4.78 is 5.33. The molecule has 1 atom stereocenters. The summed E-state index contributed by atoms with van der Waals surface area (Å²) in [5.74, 6) is -1.08. The molecule has 0 saturated carbocycles. The van der Waals surface area contributed by atoms with Crippen LogP contribution in [-0.4, -0.2) is 47.7 Å². The molecule has 1 aromatic carbocycles. The van der Waals surface area contributed by atoms with Crippen LogP contribution in [0.2, 0.25) is 0 Å². The Labute approximate surface area is 122 Å². The first-order valence-corrected chi connectivity index (χ1v) is 6.70. The van der Waals surface area contributed by atoms with Crippen LogP contribution in [0.4, 0.5) is 5.69 Å². The SMILES string of the molecule is Nc1cccc(/C=C/C(=O)N2CCOC(CC(=O)O)C2)c1. The fourth-order valence-electron chi connectivity index (χ4n) is 2.17. The van der Waals surface area contributed by atoms with E-state index < -0.39 is 12.1 Å². The highest BCUT2D eigenvalue weighted by molar-refractivity contribution is 5.92. The van der Waals surface area contributed by atoms with Gasteiger partial charge in [0.05, 0.1) is 19.1 Å². The highest BCUT2D eigenvalue weighted by Gasteiger charge is 2.24. The molecule has 0 radical (unpaired) electrons. The summed E-state index contributed by atoms with van der Waals surface area (Å²) in [7, 11) is 0. The van der Waals surface area contributed by atoms with Gasteiger partial charge in [0.15, 0.2) is 0 Å². The van der Waals surface area contributed by atoms with Gasteiger partial charge in [-0.1, -0.05) is 12.1 Å². The van der Waals surface area contributed by atoms with Gasteiger partial charge in [-0.2, -0.15) is 0 Å². The van der Waals surface area contributed by atoms with Crippen LogP contribution in [0.1, 0.15) is 12.0 Å². The molecule has 112 valence electrons. The van der Waals surface area contributed by atoms with Gasteiger partial charge in [0.2, 0.25) is 5.91 Å². The summed E-state index contributed by atoms with van der Waals surface area (Å²) in [4.78, 5) is 24.4. The molecule has 0 aliphatic carbocycles. The van der Waals surface area contributed by atoms with Crippen LogP contribution in [0, 0.1) is 0 Å². The fourth-order valence-corrected chi connectivity index (χ4v) is 2.17. The Morgan fingerprint density at radius 2 is 2.29 bits per heavy atom. The van der Waals surface area contributed by atoms with Crippen LogP contribution in [0.15, 0.2) is 30.3 Å². The molecule has 0 spiro atoms. The van der Waals surface area contributed by atoms with Crippen molar-refractivity contribution < 1.29 is 19.4 Å². The van der Waals surface area contributed by atoms with E-state index in [1.54, 1.807) is 23.1 Å². The number of anilines is 1. The Hall–Kier alpha value is -2.34. The van der Waals surface area contributed by atoms with Crippen LogP contribution in [0.25, 0.3) is 6.08 Å². The van der Waals surface area contributed by atoms with Crippen molar-refractivity contribution in [1.29, 1.82) is 0 Å². The Morgan fingerprint density at radius 3 is 3.00 bits per heavy atom. The Bertz CT molecular complexity index is 556. The van der Waals surface area contributed by atoms with Crippen LogP contribution >= 0.6 is 0 Å². The Kier molecular flexibility index (Phi) is 4.94. The van der Waals surface area contributed by atoms with E-state index in [4.69, 9.17) is 15.6 Å². The number of hydrogen-bond donors (Lipinski definition) is 2. The third-order valence-corrected chi connectivity index (χ3v) is 3.18. The molecular formula is C15H18N2O4. The number of hydrogen-bond acceptors (Lipinski definition) is 4. The molecule has 6 nitrogen and oxygen atoms in total. The molecule has 1 heterocycles. The lowest BCUT2D eigenvalue weighted by atomic mass is 10.1. The minimum Gasteiger partial charge on any atom is -0.481 e. The minimum atomic E-state index is -0.926. The number of carbonyl (C=O) groups excluding carboxylic acids is 1. The zero-order chi connectivity index (χ0) is 15.2. The number of nitrogens with two attached hydrogens (primary N) is 1. The lowest BCUT2D eigenvalue weighted by Crippen LogP contribution is -2.45. The molecule has 1 aromatic rings. The molecule has 1 aliphatic rings. The molecule has 2 rings (SSSR count). The molecule has 0 aromatic heterocycles. The molecule has 1 fully saturated rings. The van der Waals surface area contributed by atoms with Crippen molar-refractivity contribution in [3.05, 3.63) is 35.9 Å². The zero-order valence-corrected chi connectivity index (χ0v) is 11.6. The summed E-state index contributed by atoms with van der Waals surface area (Å²) in [6.07, 6.45) is 2.63. The summed E-state index contributed by atoms with van der Waals surface area (Å²) in [5.41, 5.74) is 7.15. The molecule has 3 N–H and O–H groups in total. The zero-order valence-electron chi connectivity index (χ0n) is 11.6. The monoisotopic (exact) mass is 290 g/mol. The summed E-state index contributed by atoms with van der Waals surface area (Å²) in [6, 6.07) is 7.22. The van der Waals surface area contributed by atoms with Crippen LogP contribution in [-0.2, 0) is 14.3 Å². The average molecular weight is 290 g/mol. The first-order valence-electron chi connectivity index (χ1n) is 6.70. The topological polar surface area (TPSA) is 92.9 Å². The molecule has 1 saturated heterocycles. The van der Waals surface area contributed by atoms with Gasteiger partial charge in [0.25, 0.3) is 0 Å². The van der Waals surface area contributed by atoms with E-state index in [2.05, 4.69) is 0 Å². The Morgan fingerprint density at radius 1 is 1.48 bits per heavy atom. The van der Waals surface area contributed by atoms with E-state index >= 15 is 0 Å². The highest BCUT2D eigenvalue weighted by atomic mass is 16.5. The van der Waals surface area contributed by atoms with Crippen molar-refractivity contribution in [2.45, 2.75) is 12.5 Å². The maximum atomic E-state index is 12.1. The Balaban J connectivity index is 1.94. The molecule has 1 aliphatic heterocycles. The number of ether oxygens (including phenoxy) is 1. The molecule has 1 amide bonds. The van der Waals surface area contributed by atoms with Crippen molar-refractivity contribution in [2.75, 3.05) is 25.4 Å². The van der Waals surface area contributed by atoms with Crippen molar-refractivity contribution >= 4 is 23.6 Å². The largest absolute Gasteiger partial charge is 0.481 e. The number of morpholine rings is 1. The maximum Gasteiger partial charge on any atom is 0.306 e. The third kappa shape index (κ3) is 4.61. The van der Waals surface area contributed by atoms with Crippen molar-refractivity contribution in [3.8, 4) is 0 Å². The van der Waals surface area contributed by atoms with E-state index in [-0.39, 0.29) is 12.3 Å². The predicted octanol–water partition coefficient (Wildman–Crippen LogP) is 0.984. The number of rotatable bonds is 4. The van der Waals surface area contributed by atoms with E-state index in [1.807, 2.05) is 12.1 Å². The van der Waals surface area contributed by atoms with Crippen molar-refractivity contribution in [3.63, 3.8) is 0 Å². The number of carboxylic acids is 1. The van der Waals surface area contributed by atoms with E-state index in [9.17, 15) is 9.59 Å². The fraction of sp³-hybridized carbons (Fsp3) is 0.333. The molecular weight excluding hydrogens is 272 g/mol. The molecule has 1 unspecified atom stereocenters. The molecule has 21 heavy (non-hydrogen) atoms. The number of nitrogen functional groups attached to an aromatic ring is 1. The van der Waals surface area contributed by atoms with Crippen LogP contribution in [0.5, 0.6) is 0 Å². The highest BCUT2D eigenvalue weighted by Crippen LogP contribution is 2.11. The lowest BCUT2D eigenvalue weighted by Gasteiger charge is -2.31. The number of amides is 1. The third-order valence-electron chi connectivity index (χ3n) is 3.18. The van der Waals surface area contributed by atoms with Gasteiger partial charge in [-0.3, -0.25) is 9.59 Å². The van der Waals surface area contributed by atoms with Gasteiger partial charge in [-0.15, -0.1) is 0 Å². The summed E-state index contributed by atoms with van der Waals surface area (Å²) >= 11 is 0. The first kappa shape index (κ1) is 15.1. The number of aliphatic carboxylic acids is 1. The van der Waals surface area contributed by atoms with Crippen molar-refractivity contribution in [1.82, 2.24) is 4.90 Å². The number of carboxylic acid groups (broad SMARTS) is 1. The van der Waals surface area contributed by atoms with Crippen LogP contribution in [0.3, 0.4) is 0 Å². The summed E-state index contributed by atoms with van der Waals surface area (Å²) in [5, 5.41) is 8.76. The lowest BCUT2D eigenvalue weighted by molar-refractivity contribution is -0.145. The first-order chi connectivity index (χ1) is 10.0. The average Bonchev–Trinajstić information content (AvgIpc) is 2.44. The van der Waals surface area contributed by atoms with Gasteiger partial charge in [-0.25, -0.2) is 0 Å². The van der Waals surface area contributed by atoms with Gasteiger partial charge >= 0.3 is 5.97 Å². The minimum absolute atomic E-state index is 0.0945. The van der Waals surface area contributed by atoms with Gasteiger partial charge in [-0.05, 0) is 23.8 Å². The van der Waals surface area contributed by atoms with E-state index in [0.717, 1.165) is 5.56 Å². The second kappa shape index (κ2) is 6.90. The number of carbonyl (C=O) groups is 2. The maximum absolute atomic E-state index is 12.1. The quantitative estimate of drug-likeness (QED) is 0.637. The second-order valence-electron chi connectivity index (χ2n) is 4.88. The standard InChI is InChI=1S/C15H18N2O4/c16-12-3-1-2-11(8-12)4-5-14(18)17-6-7-21-13(10-17)9-15(19)20/h1-5,8,13H,6-7,9-10,16H2,(H,19,20)/b5-4+. The van der Waals surface area contributed by atoms with Gasteiger partial charge in [0, 0.05) is 24.9 Å². The van der Waals surface area contributed by atoms with Gasteiger partial charge in [0.1, 0.15) is 0 Å². The van der Waals surface area contributed by atoms with E-state index in [1.165, 1.54) is 6.08 Å². The predicted molar refractivity (Wildman–Crippen MR) is 78.5 cm³/mol. The second-order valence-corrected chi connectivity index (χ2v) is 4.88. The number of benzene rings is 1. The van der Waals surface area contributed by atoms with Crippen molar-refractivity contribution in [2.24, 2.45) is 0 Å².